The molecule has 182 valence electrons. The highest BCUT2D eigenvalue weighted by molar-refractivity contribution is 7.89. The second-order valence-corrected chi connectivity index (χ2v) is 11.4. The molecule has 0 saturated carbocycles. The van der Waals surface area contributed by atoms with Crippen LogP contribution in [0.2, 0.25) is 0 Å². The first kappa shape index (κ1) is 25.4. The number of nitrogens with zero attached hydrogens (tertiary/aromatic N) is 2. The van der Waals surface area contributed by atoms with Gasteiger partial charge in [-0.3, -0.25) is 0 Å². The molecule has 2 aromatic carbocycles. The van der Waals surface area contributed by atoms with Gasteiger partial charge in [-0.1, -0.05) is 0 Å². The summed E-state index contributed by atoms with van der Waals surface area (Å²) in [5.41, 5.74) is 0.698. The average molecular weight is 499 g/mol. The van der Waals surface area contributed by atoms with Crippen LogP contribution in [0.3, 0.4) is 0 Å². The molecule has 0 bridgehead atoms. The number of piperazine rings is 1. The fourth-order valence-electron chi connectivity index (χ4n) is 3.50. The standard InChI is InChI=1S/C22H30N2O7S2/c1-4-30-19-5-7-20(8-6-19)32(25,26)23-11-13-24(14-12-23)33(27,28)21-9-10-22(18(2)17-21)31-16-15-29-3/h5-10,17H,4,11-16H2,1-3H3. The molecular formula is C22H30N2O7S2. The Bertz CT molecular complexity index is 1140. The Morgan fingerprint density at radius 2 is 1.33 bits per heavy atom. The molecule has 0 atom stereocenters. The van der Waals surface area contributed by atoms with Crippen molar-refractivity contribution in [3.63, 3.8) is 0 Å². The molecule has 2 aromatic rings. The number of hydrogen-bond acceptors (Lipinski definition) is 7. The molecule has 0 N–H and O–H groups in total. The van der Waals surface area contributed by atoms with Crippen LogP contribution in [0.5, 0.6) is 11.5 Å². The van der Waals surface area contributed by atoms with Crippen molar-refractivity contribution in [2.24, 2.45) is 0 Å². The minimum absolute atomic E-state index is 0.0731. The van der Waals surface area contributed by atoms with E-state index < -0.39 is 20.0 Å². The molecular weight excluding hydrogens is 468 g/mol. The van der Waals surface area contributed by atoms with E-state index >= 15 is 0 Å². The van der Waals surface area contributed by atoms with Crippen LogP contribution in [0.15, 0.2) is 52.3 Å². The van der Waals surface area contributed by atoms with E-state index in [9.17, 15) is 16.8 Å². The molecule has 0 amide bonds. The van der Waals surface area contributed by atoms with Crippen LogP contribution in [0.25, 0.3) is 0 Å². The zero-order valence-electron chi connectivity index (χ0n) is 19.1. The van der Waals surface area contributed by atoms with Gasteiger partial charge in [-0.2, -0.15) is 8.61 Å². The third kappa shape index (κ3) is 5.85. The SMILES string of the molecule is CCOc1ccc(S(=O)(=O)N2CCN(S(=O)(=O)c3ccc(OCCOC)c(C)c3)CC2)cc1. The van der Waals surface area contributed by atoms with Gasteiger partial charge in [0.25, 0.3) is 0 Å². The molecule has 9 nitrogen and oxygen atoms in total. The van der Waals surface area contributed by atoms with Crippen LogP contribution in [-0.2, 0) is 24.8 Å². The lowest BCUT2D eigenvalue weighted by Crippen LogP contribution is -2.50. The second-order valence-electron chi connectivity index (χ2n) is 7.48. The molecule has 33 heavy (non-hydrogen) atoms. The smallest absolute Gasteiger partial charge is 0.243 e. The fourth-order valence-corrected chi connectivity index (χ4v) is 6.43. The van der Waals surface area contributed by atoms with Gasteiger partial charge in [0.1, 0.15) is 18.1 Å². The normalized spacial score (nSPS) is 16.0. The second kappa shape index (κ2) is 10.8. The lowest BCUT2D eigenvalue weighted by Gasteiger charge is -2.33. The van der Waals surface area contributed by atoms with Crippen molar-refractivity contribution in [3.05, 3.63) is 48.0 Å². The summed E-state index contributed by atoms with van der Waals surface area (Å²) in [7, 11) is -5.90. The summed E-state index contributed by atoms with van der Waals surface area (Å²) in [5, 5.41) is 0. The maximum Gasteiger partial charge on any atom is 0.243 e. The van der Waals surface area contributed by atoms with Gasteiger partial charge in [0.15, 0.2) is 0 Å². The summed E-state index contributed by atoms with van der Waals surface area (Å²) in [6.45, 7) is 5.22. The van der Waals surface area contributed by atoms with Crippen molar-refractivity contribution < 1.29 is 31.0 Å². The van der Waals surface area contributed by atoms with E-state index in [1.165, 1.54) is 26.8 Å². The summed E-state index contributed by atoms with van der Waals surface area (Å²) in [5.74, 6) is 1.19. The molecule has 1 heterocycles. The number of hydrogen-bond donors (Lipinski definition) is 0. The molecule has 0 aromatic heterocycles. The third-order valence-corrected chi connectivity index (χ3v) is 9.11. The minimum atomic E-state index is -3.76. The number of sulfonamides is 2. The van der Waals surface area contributed by atoms with E-state index in [2.05, 4.69) is 0 Å². The Kier molecular flexibility index (Phi) is 8.35. The Morgan fingerprint density at radius 1 is 0.788 bits per heavy atom. The highest BCUT2D eigenvalue weighted by Crippen LogP contribution is 2.26. The summed E-state index contributed by atoms with van der Waals surface area (Å²) < 4.78 is 70.7. The van der Waals surface area contributed by atoms with Crippen molar-refractivity contribution >= 4 is 20.0 Å². The van der Waals surface area contributed by atoms with E-state index in [1.807, 2.05) is 6.92 Å². The quantitative estimate of drug-likeness (QED) is 0.462. The first-order valence-electron chi connectivity index (χ1n) is 10.7. The molecule has 0 spiro atoms. The van der Waals surface area contributed by atoms with Gasteiger partial charge in [-0.05, 0) is 61.9 Å². The number of benzene rings is 2. The van der Waals surface area contributed by atoms with E-state index in [1.54, 1.807) is 38.3 Å². The summed E-state index contributed by atoms with van der Waals surface area (Å²) in [6.07, 6.45) is 0. The average Bonchev–Trinajstić information content (AvgIpc) is 2.81. The molecule has 0 unspecified atom stereocenters. The lowest BCUT2D eigenvalue weighted by atomic mass is 10.2. The van der Waals surface area contributed by atoms with Crippen molar-refractivity contribution in [3.8, 4) is 11.5 Å². The van der Waals surface area contributed by atoms with Gasteiger partial charge in [-0.15, -0.1) is 0 Å². The number of methoxy groups -OCH3 is 1. The fraction of sp³-hybridized carbons (Fsp3) is 0.455. The third-order valence-electron chi connectivity index (χ3n) is 5.30. The van der Waals surface area contributed by atoms with E-state index in [0.717, 1.165) is 0 Å². The van der Waals surface area contributed by atoms with Crippen molar-refractivity contribution in [1.29, 1.82) is 0 Å². The molecule has 1 saturated heterocycles. The molecule has 0 radical (unpaired) electrons. The maximum atomic E-state index is 13.1. The van der Waals surface area contributed by atoms with Crippen LogP contribution in [-0.4, -0.2) is 78.6 Å². The van der Waals surface area contributed by atoms with E-state index in [4.69, 9.17) is 14.2 Å². The zero-order valence-corrected chi connectivity index (χ0v) is 20.7. The van der Waals surface area contributed by atoms with Gasteiger partial charge in [0.2, 0.25) is 20.0 Å². The van der Waals surface area contributed by atoms with Crippen molar-refractivity contribution in [2.75, 3.05) is 53.1 Å². The monoisotopic (exact) mass is 498 g/mol. The first-order chi connectivity index (χ1) is 15.7. The van der Waals surface area contributed by atoms with E-state index in [-0.39, 0.29) is 36.0 Å². The molecule has 0 aliphatic carbocycles. The van der Waals surface area contributed by atoms with Crippen LogP contribution < -0.4 is 9.47 Å². The maximum absolute atomic E-state index is 13.1. The summed E-state index contributed by atoms with van der Waals surface area (Å²) in [6, 6.07) is 10.9. The molecule has 1 aliphatic rings. The first-order valence-corrected chi connectivity index (χ1v) is 13.5. The van der Waals surface area contributed by atoms with E-state index in [0.29, 0.717) is 36.9 Å². The van der Waals surface area contributed by atoms with Crippen LogP contribution in [0.4, 0.5) is 0 Å². The van der Waals surface area contributed by atoms with Crippen LogP contribution in [0, 0.1) is 6.92 Å². The number of ether oxygens (including phenoxy) is 3. The van der Waals surface area contributed by atoms with Crippen molar-refractivity contribution in [1.82, 2.24) is 8.61 Å². The zero-order chi connectivity index (χ0) is 24.1. The van der Waals surface area contributed by atoms with Crippen LogP contribution in [0.1, 0.15) is 12.5 Å². The minimum Gasteiger partial charge on any atom is -0.494 e. The topological polar surface area (TPSA) is 102 Å². The predicted molar refractivity (Wildman–Crippen MR) is 124 cm³/mol. The lowest BCUT2D eigenvalue weighted by molar-refractivity contribution is 0.146. The number of aryl methyl sites for hydroxylation is 1. The van der Waals surface area contributed by atoms with Crippen molar-refractivity contribution in [2.45, 2.75) is 23.6 Å². The Morgan fingerprint density at radius 3 is 1.85 bits per heavy atom. The van der Waals surface area contributed by atoms with Gasteiger partial charge in [-0.25, -0.2) is 16.8 Å². The number of rotatable bonds is 10. The van der Waals surface area contributed by atoms with Gasteiger partial charge in [0, 0.05) is 33.3 Å². The van der Waals surface area contributed by atoms with Crippen LogP contribution >= 0.6 is 0 Å². The summed E-state index contributed by atoms with van der Waals surface area (Å²) in [4.78, 5) is 0.309. The highest BCUT2D eigenvalue weighted by atomic mass is 32.2. The Labute approximate surface area is 196 Å². The molecule has 1 aliphatic heterocycles. The van der Waals surface area contributed by atoms with Gasteiger partial charge < -0.3 is 14.2 Å². The molecule has 11 heteroatoms. The molecule has 3 rings (SSSR count). The molecule has 1 fully saturated rings. The summed E-state index contributed by atoms with van der Waals surface area (Å²) >= 11 is 0. The Balaban J connectivity index is 1.67. The van der Waals surface area contributed by atoms with Gasteiger partial charge >= 0.3 is 0 Å². The Hall–Kier alpha value is -2.18. The predicted octanol–water partition coefficient (Wildman–Crippen LogP) is 2.11. The largest absolute Gasteiger partial charge is 0.494 e. The van der Waals surface area contributed by atoms with Gasteiger partial charge in [0.05, 0.1) is 23.0 Å². The highest BCUT2D eigenvalue weighted by Gasteiger charge is 2.34.